The molecule has 0 fully saturated rings. The molecule has 0 unspecified atom stereocenters. The van der Waals surface area contributed by atoms with E-state index in [1.165, 1.54) is 23.5 Å². The lowest BCUT2D eigenvalue weighted by molar-refractivity contribution is -0.119. The molecule has 2 aromatic rings. The molecule has 9 heteroatoms. The van der Waals surface area contributed by atoms with Crippen molar-refractivity contribution in [1.29, 1.82) is 0 Å². The van der Waals surface area contributed by atoms with Crippen LogP contribution in [0.3, 0.4) is 0 Å². The number of esters is 2. The second-order valence-corrected chi connectivity index (χ2v) is 7.16. The summed E-state index contributed by atoms with van der Waals surface area (Å²) in [6, 6.07) is 3.75. The van der Waals surface area contributed by atoms with Gasteiger partial charge in [0.15, 0.2) is 6.61 Å². The van der Waals surface area contributed by atoms with Gasteiger partial charge in [0.05, 0.1) is 17.2 Å². The number of carbonyl (C=O) groups excluding carboxylic acids is 3. The lowest BCUT2D eigenvalue weighted by Gasteiger charge is -2.09. The van der Waals surface area contributed by atoms with Gasteiger partial charge in [-0.2, -0.15) is 0 Å². The maximum Gasteiger partial charge on any atom is 0.343 e. The molecular formula is C19H19ClFNO5S. The number of carbonyl (C=O) groups is 3. The Morgan fingerprint density at radius 2 is 1.82 bits per heavy atom. The van der Waals surface area contributed by atoms with Crippen molar-refractivity contribution in [1.82, 2.24) is 0 Å². The molecule has 1 heterocycles. The van der Waals surface area contributed by atoms with E-state index in [1.54, 1.807) is 13.8 Å². The quantitative estimate of drug-likeness (QED) is 0.663. The molecule has 2 rings (SSSR count). The summed E-state index contributed by atoms with van der Waals surface area (Å²) in [7, 11) is 0. The van der Waals surface area contributed by atoms with E-state index in [2.05, 4.69) is 5.32 Å². The van der Waals surface area contributed by atoms with E-state index in [9.17, 15) is 18.8 Å². The van der Waals surface area contributed by atoms with Gasteiger partial charge in [0.1, 0.15) is 16.4 Å². The van der Waals surface area contributed by atoms with Gasteiger partial charge in [-0.05, 0) is 38.0 Å². The number of hydrogen-bond acceptors (Lipinski definition) is 6. The minimum atomic E-state index is -1.06. The average molecular weight is 428 g/mol. The van der Waals surface area contributed by atoms with Gasteiger partial charge >= 0.3 is 11.9 Å². The van der Waals surface area contributed by atoms with Gasteiger partial charge in [-0.15, -0.1) is 11.3 Å². The Morgan fingerprint density at radius 3 is 2.43 bits per heavy atom. The highest BCUT2D eigenvalue weighted by atomic mass is 35.5. The van der Waals surface area contributed by atoms with E-state index in [1.807, 2.05) is 6.92 Å². The number of aryl methyl sites for hydroxylation is 1. The van der Waals surface area contributed by atoms with Gasteiger partial charge in [0, 0.05) is 4.88 Å². The summed E-state index contributed by atoms with van der Waals surface area (Å²) in [5.74, 6) is -3.11. The molecule has 0 radical (unpaired) electrons. The Hall–Kier alpha value is -2.45. The summed E-state index contributed by atoms with van der Waals surface area (Å²) in [6.07, 6.45) is 0.680. The third-order valence-electron chi connectivity index (χ3n) is 3.80. The van der Waals surface area contributed by atoms with Crippen LogP contribution in [0.4, 0.5) is 9.39 Å². The van der Waals surface area contributed by atoms with E-state index in [0.29, 0.717) is 11.4 Å². The van der Waals surface area contributed by atoms with Crippen LogP contribution in [-0.2, 0) is 20.7 Å². The number of anilines is 1. The molecule has 1 aromatic carbocycles. The molecule has 6 nitrogen and oxygen atoms in total. The Kier molecular flexibility index (Phi) is 7.53. The number of thiophene rings is 1. The first-order chi connectivity index (χ1) is 13.3. The molecule has 1 N–H and O–H groups in total. The van der Waals surface area contributed by atoms with Crippen LogP contribution >= 0.6 is 22.9 Å². The van der Waals surface area contributed by atoms with Gasteiger partial charge in [-0.1, -0.05) is 24.6 Å². The van der Waals surface area contributed by atoms with Gasteiger partial charge in [-0.25, -0.2) is 14.0 Å². The lowest BCUT2D eigenvalue weighted by atomic mass is 10.1. The molecular weight excluding hydrogens is 409 g/mol. The zero-order valence-corrected chi connectivity index (χ0v) is 17.1. The summed E-state index contributed by atoms with van der Waals surface area (Å²) in [6.45, 7) is 4.93. The van der Waals surface area contributed by atoms with Crippen molar-refractivity contribution in [2.75, 3.05) is 18.5 Å². The van der Waals surface area contributed by atoms with Gasteiger partial charge < -0.3 is 14.8 Å². The smallest absolute Gasteiger partial charge is 0.343 e. The Balaban J connectivity index is 2.11. The second kappa shape index (κ2) is 9.66. The molecule has 28 heavy (non-hydrogen) atoms. The van der Waals surface area contributed by atoms with Gasteiger partial charge in [-0.3, -0.25) is 4.79 Å². The minimum Gasteiger partial charge on any atom is -0.462 e. The highest BCUT2D eigenvalue weighted by molar-refractivity contribution is 7.17. The molecule has 1 aromatic heterocycles. The number of rotatable bonds is 7. The van der Waals surface area contributed by atoms with E-state index < -0.39 is 35.8 Å². The van der Waals surface area contributed by atoms with Crippen LogP contribution in [0.1, 0.15) is 45.0 Å². The number of amides is 1. The fourth-order valence-corrected chi connectivity index (χ4v) is 3.88. The summed E-state index contributed by atoms with van der Waals surface area (Å²) in [4.78, 5) is 37.3. The molecule has 0 atom stereocenters. The largest absolute Gasteiger partial charge is 0.462 e. The molecule has 150 valence electrons. The van der Waals surface area contributed by atoms with E-state index >= 15 is 0 Å². The van der Waals surface area contributed by atoms with Crippen LogP contribution in [0.25, 0.3) is 0 Å². The third-order valence-corrected chi connectivity index (χ3v) is 5.47. The maximum absolute atomic E-state index is 13.7. The SMILES string of the molecule is CCOC(=O)c1c(NC(=O)COC(=O)c2c(F)cccc2Cl)sc(CC)c1C. The van der Waals surface area contributed by atoms with Crippen molar-refractivity contribution < 1.29 is 28.2 Å². The van der Waals surface area contributed by atoms with Crippen LogP contribution in [0, 0.1) is 12.7 Å². The molecule has 0 bridgehead atoms. The van der Waals surface area contributed by atoms with Gasteiger partial charge in [0.2, 0.25) is 0 Å². The molecule has 0 spiro atoms. The number of benzene rings is 1. The van der Waals surface area contributed by atoms with Crippen molar-refractivity contribution >= 4 is 45.8 Å². The zero-order chi connectivity index (χ0) is 20.8. The van der Waals surface area contributed by atoms with Crippen molar-refractivity contribution in [3.63, 3.8) is 0 Å². The summed E-state index contributed by atoms with van der Waals surface area (Å²) >= 11 is 7.05. The number of halogens is 2. The summed E-state index contributed by atoms with van der Waals surface area (Å²) in [5, 5.41) is 2.76. The maximum atomic E-state index is 13.7. The van der Waals surface area contributed by atoms with Crippen molar-refractivity contribution in [3.05, 3.63) is 50.6 Å². The zero-order valence-electron chi connectivity index (χ0n) is 15.6. The normalized spacial score (nSPS) is 10.5. The van der Waals surface area contributed by atoms with Crippen molar-refractivity contribution in [2.24, 2.45) is 0 Å². The fraction of sp³-hybridized carbons (Fsp3) is 0.316. The standard InChI is InChI=1S/C19H19ClFNO5S/c1-4-13-10(3)15(18(24)26-5-2)17(28-13)22-14(23)9-27-19(25)16-11(20)7-6-8-12(16)21/h6-8H,4-5,9H2,1-3H3,(H,22,23). The molecule has 1 amide bonds. The fourth-order valence-electron chi connectivity index (χ4n) is 2.49. The first-order valence-corrected chi connectivity index (χ1v) is 9.69. The molecule has 0 saturated carbocycles. The molecule has 0 aliphatic carbocycles. The highest BCUT2D eigenvalue weighted by Gasteiger charge is 2.24. The number of nitrogens with one attached hydrogen (secondary N) is 1. The van der Waals surface area contributed by atoms with Crippen LogP contribution in [0.5, 0.6) is 0 Å². The second-order valence-electron chi connectivity index (χ2n) is 5.65. The average Bonchev–Trinajstić information content (AvgIpc) is 2.95. The minimum absolute atomic E-state index is 0.114. The highest BCUT2D eigenvalue weighted by Crippen LogP contribution is 2.34. The molecule has 0 aliphatic heterocycles. The topological polar surface area (TPSA) is 81.7 Å². The lowest BCUT2D eigenvalue weighted by Crippen LogP contribution is -2.22. The Labute approximate surface area is 170 Å². The number of ether oxygens (including phenoxy) is 2. The predicted octanol–water partition coefficient (Wildman–Crippen LogP) is 4.38. The van der Waals surface area contributed by atoms with E-state index in [0.717, 1.165) is 16.5 Å². The third kappa shape index (κ3) is 4.88. The first kappa shape index (κ1) is 21.8. The van der Waals surface area contributed by atoms with Crippen LogP contribution in [0.2, 0.25) is 5.02 Å². The Morgan fingerprint density at radius 1 is 1.14 bits per heavy atom. The number of hydrogen-bond donors (Lipinski definition) is 1. The van der Waals surface area contributed by atoms with Gasteiger partial charge in [0.25, 0.3) is 5.91 Å². The van der Waals surface area contributed by atoms with E-state index in [4.69, 9.17) is 21.1 Å². The molecule has 0 aliphatic rings. The Bertz CT molecular complexity index is 892. The van der Waals surface area contributed by atoms with Crippen LogP contribution in [0.15, 0.2) is 18.2 Å². The van der Waals surface area contributed by atoms with Crippen molar-refractivity contribution in [3.8, 4) is 0 Å². The van der Waals surface area contributed by atoms with Crippen molar-refractivity contribution in [2.45, 2.75) is 27.2 Å². The van der Waals surface area contributed by atoms with E-state index in [-0.39, 0.29) is 17.2 Å². The molecule has 0 saturated heterocycles. The monoisotopic (exact) mass is 427 g/mol. The summed E-state index contributed by atoms with van der Waals surface area (Å²) in [5.41, 5.74) is 0.571. The summed E-state index contributed by atoms with van der Waals surface area (Å²) < 4.78 is 23.6. The van der Waals surface area contributed by atoms with Crippen LogP contribution in [-0.4, -0.2) is 31.1 Å². The van der Waals surface area contributed by atoms with Crippen LogP contribution < -0.4 is 5.32 Å². The first-order valence-electron chi connectivity index (χ1n) is 8.50. The predicted molar refractivity (Wildman–Crippen MR) is 105 cm³/mol.